The molecule has 11 nitrogen and oxygen atoms in total. The number of aliphatic hydroxyl groups is 1. The lowest BCUT2D eigenvalue weighted by Crippen LogP contribution is -2.77. The van der Waals surface area contributed by atoms with Crippen molar-refractivity contribution in [1.29, 1.82) is 0 Å². The average Bonchev–Trinajstić information content (AvgIpc) is 2.99. The fourth-order valence-electron chi connectivity index (χ4n) is 9.35. The Balaban J connectivity index is 2.09. The van der Waals surface area contributed by atoms with Gasteiger partial charge in [0.2, 0.25) is 0 Å². The Morgan fingerprint density at radius 1 is 0.732 bits per heavy atom. The van der Waals surface area contributed by atoms with Crippen LogP contribution < -0.4 is 0 Å². The van der Waals surface area contributed by atoms with E-state index in [1.807, 2.05) is 20.8 Å². The van der Waals surface area contributed by atoms with Crippen LogP contribution in [0.15, 0.2) is 12.2 Å². The second kappa shape index (κ2) is 10.4. The van der Waals surface area contributed by atoms with Gasteiger partial charge >= 0.3 is 29.8 Å². The number of ether oxygens (including phenoxy) is 5. The lowest BCUT2D eigenvalue weighted by Gasteiger charge is -2.70. The summed E-state index contributed by atoms with van der Waals surface area (Å²) in [6.07, 6.45) is -5.17. The average molecular weight is 579 g/mol. The first-order valence-corrected chi connectivity index (χ1v) is 14.1. The first kappa shape index (κ1) is 31.0. The molecule has 4 rings (SSSR count). The number of esters is 5. The molecule has 11 atom stereocenters. The molecule has 0 aromatic carbocycles. The van der Waals surface area contributed by atoms with Crippen molar-refractivity contribution >= 4 is 29.8 Å². The zero-order chi connectivity index (χ0) is 30.8. The Morgan fingerprint density at radius 2 is 1.24 bits per heavy atom. The van der Waals surface area contributed by atoms with Crippen molar-refractivity contribution < 1.29 is 52.8 Å². The van der Waals surface area contributed by atoms with Crippen LogP contribution in [-0.2, 0) is 47.7 Å². The van der Waals surface area contributed by atoms with Crippen molar-refractivity contribution in [3.05, 3.63) is 12.2 Å². The Morgan fingerprint density at radius 3 is 1.76 bits per heavy atom. The van der Waals surface area contributed by atoms with E-state index in [-0.39, 0.29) is 12.3 Å². The molecule has 4 fully saturated rings. The third kappa shape index (κ3) is 4.73. The van der Waals surface area contributed by atoms with Crippen molar-refractivity contribution in [3.8, 4) is 0 Å². The summed E-state index contributed by atoms with van der Waals surface area (Å²) in [5.74, 6) is -4.69. The molecule has 228 valence electrons. The smallest absolute Gasteiger partial charge is 0.303 e. The lowest BCUT2D eigenvalue weighted by molar-refractivity contribution is -0.325. The van der Waals surface area contributed by atoms with Crippen LogP contribution in [0.1, 0.15) is 74.7 Å². The molecule has 11 heteroatoms. The van der Waals surface area contributed by atoms with Crippen molar-refractivity contribution in [2.75, 3.05) is 0 Å². The number of hydrogen-bond donors (Lipinski definition) is 1. The maximum absolute atomic E-state index is 12.7. The standard InChI is InChI=1S/C30H42O11/c1-13-19-10-20(37-14(2)31)24-29(9)22(39-16(4)33)11-21(38-15(3)32)28(7,8)25(29)23(40-17(5)34)27(41-18(6)35)30(24,12-19)26(13)36/h19-27,36H,1,10-12H2,2-9H3/t19-,20?,21?,22?,23?,24+,25-,26?,27?,29+,30+/m1/s1. The molecule has 6 unspecified atom stereocenters. The fraction of sp³-hybridized carbons (Fsp3) is 0.767. The topological polar surface area (TPSA) is 152 Å². The quantitative estimate of drug-likeness (QED) is 0.291. The highest BCUT2D eigenvalue weighted by atomic mass is 16.6. The predicted octanol–water partition coefficient (Wildman–Crippen LogP) is 2.65. The highest BCUT2D eigenvalue weighted by Crippen LogP contribution is 2.73. The van der Waals surface area contributed by atoms with Crippen LogP contribution in [0.2, 0.25) is 0 Å². The number of aliphatic hydroxyl groups excluding tert-OH is 1. The van der Waals surface area contributed by atoms with Gasteiger partial charge in [0.1, 0.15) is 30.5 Å². The van der Waals surface area contributed by atoms with Crippen molar-refractivity contribution in [1.82, 2.24) is 0 Å². The Kier molecular flexibility index (Phi) is 7.86. The Labute approximate surface area is 240 Å². The molecule has 1 spiro atoms. The molecule has 4 aliphatic rings. The molecule has 0 saturated heterocycles. The SMILES string of the molecule is C=C1C(O)[C@]23C[C@H]1CC(OC(C)=O)[C@H]2[C@]1(C)C(OC(C)=O)CC(OC(C)=O)C(C)(C)[C@H]1C(OC(C)=O)C3OC(C)=O. The van der Waals surface area contributed by atoms with Crippen LogP contribution in [0.5, 0.6) is 0 Å². The maximum Gasteiger partial charge on any atom is 0.303 e. The molecule has 0 radical (unpaired) electrons. The number of rotatable bonds is 5. The Hall–Kier alpha value is -2.95. The monoisotopic (exact) mass is 578 g/mol. The molecule has 1 N–H and O–H groups in total. The molecule has 41 heavy (non-hydrogen) atoms. The van der Waals surface area contributed by atoms with E-state index in [0.29, 0.717) is 18.4 Å². The largest absolute Gasteiger partial charge is 0.462 e. The van der Waals surface area contributed by atoms with E-state index in [1.165, 1.54) is 34.6 Å². The van der Waals surface area contributed by atoms with Gasteiger partial charge in [-0.2, -0.15) is 0 Å². The van der Waals surface area contributed by atoms with Crippen molar-refractivity contribution in [2.45, 2.75) is 111 Å². The molecule has 0 heterocycles. The van der Waals surface area contributed by atoms with E-state index in [0.717, 1.165) is 0 Å². The van der Waals surface area contributed by atoms with E-state index in [1.54, 1.807) is 0 Å². The number of carbonyl (C=O) groups is 5. The minimum atomic E-state index is -1.29. The van der Waals surface area contributed by atoms with Gasteiger partial charge in [-0.15, -0.1) is 0 Å². The first-order chi connectivity index (χ1) is 18.9. The molecule has 0 aliphatic heterocycles. The summed E-state index contributed by atoms with van der Waals surface area (Å²) in [6.45, 7) is 16.1. The number of carbonyl (C=O) groups excluding carboxylic acids is 5. The molecule has 0 amide bonds. The second-order valence-electron chi connectivity index (χ2n) is 13.1. The molecule has 4 aliphatic carbocycles. The Bertz CT molecular complexity index is 1160. The van der Waals surface area contributed by atoms with Gasteiger partial charge in [0.15, 0.2) is 0 Å². The van der Waals surface area contributed by atoms with Crippen LogP contribution in [0.25, 0.3) is 0 Å². The van der Waals surface area contributed by atoms with Gasteiger partial charge in [-0.3, -0.25) is 24.0 Å². The van der Waals surface area contributed by atoms with E-state index in [4.69, 9.17) is 23.7 Å². The van der Waals surface area contributed by atoms with Gasteiger partial charge < -0.3 is 28.8 Å². The lowest BCUT2D eigenvalue weighted by atomic mass is 9.37. The molecule has 4 saturated carbocycles. The molecule has 2 bridgehead atoms. The predicted molar refractivity (Wildman–Crippen MR) is 142 cm³/mol. The summed E-state index contributed by atoms with van der Waals surface area (Å²) in [5.41, 5.74) is -2.84. The number of fused-ring (bicyclic) bond motifs is 3. The van der Waals surface area contributed by atoms with Crippen molar-refractivity contribution in [3.63, 3.8) is 0 Å². The van der Waals surface area contributed by atoms with E-state index >= 15 is 0 Å². The van der Waals surface area contributed by atoms with Crippen LogP contribution in [0.4, 0.5) is 0 Å². The molecular weight excluding hydrogens is 536 g/mol. The summed E-state index contributed by atoms with van der Waals surface area (Å²) in [7, 11) is 0. The third-order valence-electron chi connectivity index (χ3n) is 10.2. The minimum absolute atomic E-state index is 0.115. The zero-order valence-electron chi connectivity index (χ0n) is 25.1. The fourth-order valence-corrected chi connectivity index (χ4v) is 9.35. The van der Waals surface area contributed by atoms with E-state index < -0.39 is 94.6 Å². The maximum atomic E-state index is 12.7. The highest BCUT2D eigenvalue weighted by Gasteiger charge is 2.80. The summed E-state index contributed by atoms with van der Waals surface area (Å²) < 4.78 is 29.8. The third-order valence-corrected chi connectivity index (χ3v) is 10.2. The molecule has 0 aromatic heterocycles. The number of hydrogen-bond acceptors (Lipinski definition) is 11. The van der Waals surface area contributed by atoms with Gasteiger partial charge in [-0.25, -0.2) is 0 Å². The van der Waals surface area contributed by atoms with Crippen LogP contribution in [0, 0.1) is 34.0 Å². The first-order valence-electron chi connectivity index (χ1n) is 14.1. The van der Waals surface area contributed by atoms with Crippen LogP contribution >= 0.6 is 0 Å². The normalized spacial score (nSPS) is 42.2. The second-order valence-corrected chi connectivity index (χ2v) is 13.1. The van der Waals surface area contributed by atoms with Crippen molar-refractivity contribution in [2.24, 2.45) is 34.0 Å². The summed E-state index contributed by atoms with van der Waals surface area (Å²) in [6, 6.07) is 0. The zero-order valence-corrected chi connectivity index (χ0v) is 25.1. The minimum Gasteiger partial charge on any atom is -0.462 e. The summed E-state index contributed by atoms with van der Waals surface area (Å²) in [5, 5.41) is 12.0. The molecule has 0 aromatic rings. The molecular formula is C30H42O11. The summed E-state index contributed by atoms with van der Waals surface area (Å²) >= 11 is 0. The van der Waals surface area contributed by atoms with E-state index in [2.05, 4.69) is 6.58 Å². The van der Waals surface area contributed by atoms with Gasteiger partial charge in [0, 0.05) is 69.1 Å². The van der Waals surface area contributed by atoms with Gasteiger partial charge in [-0.05, 0) is 24.3 Å². The summed E-state index contributed by atoms with van der Waals surface area (Å²) in [4.78, 5) is 62.6. The van der Waals surface area contributed by atoms with Gasteiger partial charge in [0.25, 0.3) is 0 Å². The van der Waals surface area contributed by atoms with Crippen LogP contribution in [0.3, 0.4) is 0 Å². The van der Waals surface area contributed by atoms with Crippen LogP contribution in [-0.4, -0.2) is 71.6 Å². The van der Waals surface area contributed by atoms with Gasteiger partial charge in [-0.1, -0.05) is 27.4 Å². The highest BCUT2D eigenvalue weighted by molar-refractivity contribution is 5.69. The van der Waals surface area contributed by atoms with E-state index in [9.17, 15) is 29.1 Å². The van der Waals surface area contributed by atoms with Gasteiger partial charge in [0.05, 0.1) is 6.10 Å².